The van der Waals surface area contributed by atoms with E-state index in [-0.39, 0.29) is 11.8 Å². The van der Waals surface area contributed by atoms with Crippen LogP contribution in [-0.4, -0.2) is 18.9 Å². The van der Waals surface area contributed by atoms with Gasteiger partial charge in [-0.05, 0) is 30.7 Å². The summed E-state index contributed by atoms with van der Waals surface area (Å²) in [5, 5.41) is 0. The summed E-state index contributed by atoms with van der Waals surface area (Å²) in [5.41, 5.74) is 2.11. The number of methoxy groups -OCH3 is 1. The SMILES string of the molecule is C=C(C)c1cc(N2C(=O)C=CC2=O)ccc1OC. The Morgan fingerprint density at radius 2 is 1.83 bits per heavy atom. The molecular weight excluding hydrogens is 230 g/mol. The van der Waals surface area contributed by atoms with Crippen LogP contribution in [0, 0.1) is 0 Å². The second kappa shape index (κ2) is 4.49. The molecule has 1 aliphatic rings. The number of hydrogen-bond donors (Lipinski definition) is 0. The summed E-state index contributed by atoms with van der Waals surface area (Å²) in [4.78, 5) is 24.3. The topological polar surface area (TPSA) is 46.6 Å². The minimum absolute atomic E-state index is 0.335. The third-order valence-corrected chi connectivity index (χ3v) is 2.71. The minimum Gasteiger partial charge on any atom is -0.496 e. The molecule has 1 aliphatic heterocycles. The Hall–Kier alpha value is -2.36. The first kappa shape index (κ1) is 12.1. The number of anilines is 1. The third kappa shape index (κ3) is 1.93. The lowest BCUT2D eigenvalue weighted by Gasteiger charge is -2.16. The molecule has 0 bridgehead atoms. The highest BCUT2D eigenvalue weighted by Gasteiger charge is 2.25. The number of ether oxygens (including phenoxy) is 1. The zero-order valence-corrected chi connectivity index (χ0v) is 10.3. The molecule has 0 aliphatic carbocycles. The fourth-order valence-electron chi connectivity index (χ4n) is 1.82. The average Bonchev–Trinajstić information content (AvgIpc) is 2.68. The van der Waals surface area contributed by atoms with Crippen molar-refractivity contribution in [1.29, 1.82) is 0 Å². The minimum atomic E-state index is -0.335. The number of rotatable bonds is 3. The lowest BCUT2D eigenvalue weighted by Crippen LogP contribution is -2.29. The van der Waals surface area contributed by atoms with E-state index in [1.54, 1.807) is 25.3 Å². The second-order valence-corrected chi connectivity index (χ2v) is 4.01. The fourth-order valence-corrected chi connectivity index (χ4v) is 1.82. The van der Waals surface area contributed by atoms with E-state index in [1.807, 2.05) is 6.92 Å². The predicted molar refractivity (Wildman–Crippen MR) is 69.3 cm³/mol. The first-order valence-electron chi connectivity index (χ1n) is 5.44. The van der Waals surface area contributed by atoms with Crippen molar-refractivity contribution in [3.8, 4) is 5.75 Å². The quantitative estimate of drug-likeness (QED) is 0.764. The number of imide groups is 1. The van der Waals surface area contributed by atoms with Crippen LogP contribution < -0.4 is 9.64 Å². The molecule has 4 heteroatoms. The number of carbonyl (C=O) groups is 2. The van der Waals surface area contributed by atoms with Gasteiger partial charge in [0.25, 0.3) is 11.8 Å². The van der Waals surface area contributed by atoms with Gasteiger partial charge in [0.15, 0.2) is 0 Å². The molecule has 18 heavy (non-hydrogen) atoms. The van der Waals surface area contributed by atoms with Gasteiger partial charge in [0.1, 0.15) is 5.75 Å². The van der Waals surface area contributed by atoms with Crippen LogP contribution in [0.25, 0.3) is 5.57 Å². The summed E-state index contributed by atoms with van der Waals surface area (Å²) in [6.45, 7) is 5.70. The largest absolute Gasteiger partial charge is 0.496 e. The monoisotopic (exact) mass is 243 g/mol. The van der Waals surface area contributed by atoms with Crippen LogP contribution in [0.2, 0.25) is 0 Å². The zero-order chi connectivity index (χ0) is 13.3. The van der Waals surface area contributed by atoms with Crippen molar-refractivity contribution < 1.29 is 14.3 Å². The normalized spacial score (nSPS) is 14.2. The number of nitrogens with zero attached hydrogens (tertiary/aromatic N) is 1. The first-order valence-corrected chi connectivity index (χ1v) is 5.44. The Bertz CT molecular complexity index is 554. The second-order valence-electron chi connectivity index (χ2n) is 4.01. The molecule has 0 aromatic heterocycles. The molecule has 0 unspecified atom stereocenters. The molecule has 0 spiro atoms. The Balaban J connectivity index is 2.48. The molecule has 92 valence electrons. The molecule has 1 aromatic carbocycles. The summed E-state index contributed by atoms with van der Waals surface area (Å²) < 4.78 is 5.21. The van der Waals surface area contributed by atoms with Crippen molar-refractivity contribution in [2.24, 2.45) is 0 Å². The molecule has 2 amide bonds. The summed E-state index contributed by atoms with van der Waals surface area (Å²) >= 11 is 0. The van der Waals surface area contributed by atoms with Gasteiger partial charge in [0, 0.05) is 17.7 Å². The van der Waals surface area contributed by atoms with Gasteiger partial charge in [0.2, 0.25) is 0 Å². The van der Waals surface area contributed by atoms with Crippen molar-refractivity contribution in [2.45, 2.75) is 6.92 Å². The molecule has 4 nitrogen and oxygen atoms in total. The molecule has 0 radical (unpaired) electrons. The summed E-state index contributed by atoms with van der Waals surface area (Å²) in [5.74, 6) is -0.00558. The van der Waals surface area contributed by atoms with E-state index in [2.05, 4.69) is 6.58 Å². The number of benzene rings is 1. The third-order valence-electron chi connectivity index (χ3n) is 2.71. The van der Waals surface area contributed by atoms with Crippen molar-refractivity contribution in [3.05, 3.63) is 42.5 Å². The maximum absolute atomic E-state index is 11.6. The van der Waals surface area contributed by atoms with Crippen molar-refractivity contribution >= 4 is 23.1 Å². The lowest BCUT2D eigenvalue weighted by molar-refractivity contribution is -0.119. The Morgan fingerprint density at radius 3 is 2.33 bits per heavy atom. The molecule has 1 heterocycles. The number of carbonyl (C=O) groups excluding carboxylic acids is 2. The van der Waals surface area contributed by atoms with Crippen molar-refractivity contribution in [1.82, 2.24) is 0 Å². The van der Waals surface area contributed by atoms with Crippen molar-refractivity contribution in [3.63, 3.8) is 0 Å². The summed E-state index contributed by atoms with van der Waals surface area (Å²) in [6.07, 6.45) is 2.51. The van der Waals surface area contributed by atoms with Crippen LogP contribution >= 0.6 is 0 Å². The average molecular weight is 243 g/mol. The van der Waals surface area contributed by atoms with E-state index < -0.39 is 0 Å². The Morgan fingerprint density at radius 1 is 1.22 bits per heavy atom. The lowest BCUT2D eigenvalue weighted by atomic mass is 10.1. The van der Waals surface area contributed by atoms with E-state index in [1.165, 1.54) is 12.2 Å². The van der Waals surface area contributed by atoms with E-state index in [9.17, 15) is 9.59 Å². The predicted octanol–water partition coefficient (Wildman–Crippen LogP) is 2.16. The van der Waals surface area contributed by atoms with Crippen LogP contribution in [0.15, 0.2) is 36.9 Å². The van der Waals surface area contributed by atoms with Crippen LogP contribution in [0.3, 0.4) is 0 Å². The highest BCUT2D eigenvalue weighted by molar-refractivity contribution is 6.28. The Kier molecular flexibility index (Phi) is 3.02. The standard InChI is InChI=1S/C14H13NO3/c1-9(2)11-8-10(4-5-12(11)18-3)15-13(16)6-7-14(15)17/h4-8H,1H2,2-3H3. The van der Waals surface area contributed by atoms with Gasteiger partial charge in [-0.15, -0.1) is 0 Å². The molecule has 0 fully saturated rings. The van der Waals surface area contributed by atoms with Gasteiger partial charge in [-0.3, -0.25) is 9.59 Å². The van der Waals surface area contributed by atoms with E-state index in [4.69, 9.17) is 4.74 Å². The van der Waals surface area contributed by atoms with Crippen molar-refractivity contribution in [2.75, 3.05) is 12.0 Å². The van der Waals surface area contributed by atoms with Crippen LogP contribution in [0.4, 0.5) is 5.69 Å². The smallest absolute Gasteiger partial charge is 0.258 e. The molecular formula is C14H13NO3. The Labute approximate surface area is 105 Å². The van der Waals surface area contributed by atoms with Gasteiger partial charge in [-0.2, -0.15) is 0 Å². The van der Waals surface area contributed by atoms with Gasteiger partial charge in [-0.1, -0.05) is 6.58 Å². The van der Waals surface area contributed by atoms with Gasteiger partial charge in [0.05, 0.1) is 12.8 Å². The van der Waals surface area contributed by atoms with E-state index in [0.717, 1.165) is 16.0 Å². The number of allylic oxidation sites excluding steroid dienone is 1. The highest BCUT2D eigenvalue weighted by Crippen LogP contribution is 2.30. The number of hydrogen-bond acceptors (Lipinski definition) is 3. The molecule has 1 aromatic rings. The fraction of sp³-hybridized carbons (Fsp3) is 0.143. The van der Waals surface area contributed by atoms with E-state index in [0.29, 0.717) is 11.4 Å². The van der Waals surface area contributed by atoms with E-state index >= 15 is 0 Å². The van der Waals surface area contributed by atoms with Gasteiger partial charge in [-0.25, -0.2) is 4.90 Å². The van der Waals surface area contributed by atoms with Crippen LogP contribution in [0.1, 0.15) is 12.5 Å². The molecule has 0 N–H and O–H groups in total. The summed E-state index contributed by atoms with van der Waals surface area (Å²) in [6, 6.07) is 5.12. The molecule has 0 saturated carbocycles. The van der Waals surface area contributed by atoms with Gasteiger partial charge < -0.3 is 4.74 Å². The van der Waals surface area contributed by atoms with Gasteiger partial charge >= 0.3 is 0 Å². The maximum Gasteiger partial charge on any atom is 0.258 e. The molecule has 2 rings (SSSR count). The highest BCUT2D eigenvalue weighted by atomic mass is 16.5. The van der Waals surface area contributed by atoms with Crippen LogP contribution in [-0.2, 0) is 9.59 Å². The summed E-state index contributed by atoms with van der Waals surface area (Å²) in [7, 11) is 1.56. The first-order chi connectivity index (χ1) is 8.54. The zero-order valence-electron chi connectivity index (χ0n) is 10.3. The van der Waals surface area contributed by atoms with Crippen LogP contribution in [0.5, 0.6) is 5.75 Å². The number of amides is 2. The molecule has 0 atom stereocenters. The maximum atomic E-state index is 11.6. The molecule has 0 saturated heterocycles.